The van der Waals surface area contributed by atoms with Crippen molar-refractivity contribution in [2.45, 2.75) is 56.1 Å². The van der Waals surface area contributed by atoms with Crippen LogP contribution in [0.25, 0.3) is 10.2 Å². The first kappa shape index (κ1) is 35.3. The number of phenolic OH excluding ortho intramolecular Hbond substituents is 1. The Hall–Kier alpha value is -4.72. The van der Waals surface area contributed by atoms with E-state index in [0.717, 1.165) is 54.9 Å². The van der Waals surface area contributed by atoms with E-state index < -0.39 is 17.7 Å². The number of nitrogens with one attached hydrogen (secondary N) is 2. The lowest BCUT2D eigenvalue weighted by atomic mass is 9.83. The molecule has 1 aliphatic heterocycles. The number of nitrogens with zero attached hydrogens (tertiary/aromatic N) is 1. The summed E-state index contributed by atoms with van der Waals surface area (Å²) in [5.74, 6) is 1.48. The minimum absolute atomic E-state index is 0.0159. The number of phenols is 1. The van der Waals surface area contributed by atoms with Gasteiger partial charge >= 0.3 is 10.8 Å². The van der Waals surface area contributed by atoms with Gasteiger partial charge in [0, 0.05) is 48.3 Å². The molecule has 276 valence electrons. The number of aliphatic hydroxyl groups is 2. The average Bonchev–Trinajstić information content (AvgIpc) is 3.86. The highest BCUT2D eigenvalue weighted by Crippen LogP contribution is 2.51. The summed E-state index contributed by atoms with van der Waals surface area (Å²) in [6, 6.07) is 25.5. The molecule has 2 heterocycles. The smallest absolute Gasteiger partial charge is 0.348 e. The minimum Gasteiger partial charge on any atom is -0.506 e. The van der Waals surface area contributed by atoms with E-state index in [-0.39, 0.29) is 41.1 Å². The van der Waals surface area contributed by atoms with Crippen LogP contribution in [0.2, 0.25) is 0 Å². The number of esters is 1. The Balaban J connectivity index is 0.801. The number of fused-ring (bicyclic) bond motifs is 5. The predicted octanol–water partition coefficient (Wildman–Crippen LogP) is 5.57. The van der Waals surface area contributed by atoms with Crippen LogP contribution in [0.5, 0.6) is 23.0 Å². The number of thiazole rings is 1. The lowest BCUT2D eigenvalue weighted by molar-refractivity contribution is -0.171. The molecule has 12 heteroatoms. The number of carbonyl (C=O) groups excluding carboxylic acids is 1. The summed E-state index contributed by atoms with van der Waals surface area (Å²) in [6.45, 7) is 2.23. The fourth-order valence-corrected chi connectivity index (χ4v) is 9.38. The van der Waals surface area contributed by atoms with Gasteiger partial charge in [0.2, 0.25) is 5.60 Å². The zero-order chi connectivity index (χ0) is 36.7. The second kappa shape index (κ2) is 14.6. The number of hydrogen-bond donors (Lipinski definition) is 5. The quantitative estimate of drug-likeness (QED) is 0.0766. The Morgan fingerprint density at radius 3 is 2.49 bits per heavy atom. The summed E-state index contributed by atoms with van der Waals surface area (Å²) in [7, 11) is 2.13. The molecular formula is C41H43N3O8S. The molecule has 2 aliphatic carbocycles. The maximum atomic E-state index is 14.0. The van der Waals surface area contributed by atoms with E-state index in [1.54, 1.807) is 42.5 Å². The summed E-state index contributed by atoms with van der Waals surface area (Å²) >= 11 is 0.971. The van der Waals surface area contributed by atoms with Crippen molar-refractivity contribution in [3.63, 3.8) is 0 Å². The topological polar surface area (TPSA) is 154 Å². The number of aromatic amines is 1. The lowest BCUT2D eigenvalue weighted by Crippen LogP contribution is -2.44. The third kappa shape index (κ3) is 6.70. The molecular weight excluding hydrogens is 695 g/mol. The largest absolute Gasteiger partial charge is 0.506 e. The number of aromatic hydroxyl groups is 1. The predicted molar refractivity (Wildman–Crippen MR) is 200 cm³/mol. The molecule has 5 aromatic rings. The molecule has 11 nitrogen and oxygen atoms in total. The summed E-state index contributed by atoms with van der Waals surface area (Å²) in [5.41, 5.74) is 0.832. The van der Waals surface area contributed by atoms with Gasteiger partial charge in [-0.15, -0.1) is 0 Å². The zero-order valence-corrected chi connectivity index (χ0v) is 30.2. The standard InChI is InChI=1S/C41H43N3O8S/c1-44(19-6-20-50-26-14-11-24(12-15-26)22-42-23-33(46)28-17-18-32(45)36-38(28)53-40(48)43-36)31-21-25-13-16-27(31)37(25)52-39(47)41(49)29-7-2-4-9-34(29)51-35-10-5-3-8-30(35)41/h2-5,7-12,14-15,17-18,25,27,31,33,37,42,45-46,49H,6,13,16,19-23H2,1H3,(H,43,48)/t25?,27?,31?,33-,37?/m0/s1. The maximum Gasteiger partial charge on any atom is 0.348 e. The molecule has 5 atom stereocenters. The van der Waals surface area contributed by atoms with Crippen molar-refractivity contribution < 1.29 is 34.3 Å². The van der Waals surface area contributed by atoms with E-state index in [0.29, 0.717) is 51.6 Å². The SMILES string of the molecule is CN(CCCOc1ccc(CNC[C@H](O)c2ccc(O)c3[nH]c(=O)sc23)cc1)C1CC2CCC1C2OC(=O)C1(O)c2ccccc2Oc2ccccc21. The fourth-order valence-electron chi connectivity index (χ4n) is 8.46. The van der Waals surface area contributed by atoms with Crippen LogP contribution in [0.1, 0.15) is 54.0 Å². The fraction of sp³-hybridized carbons (Fsp3) is 0.366. The highest BCUT2D eigenvalue weighted by atomic mass is 32.1. The number of hydrogen-bond acceptors (Lipinski definition) is 11. The van der Waals surface area contributed by atoms with Gasteiger partial charge < -0.3 is 44.7 Å². The van der Waals surface area contributed by atoms with E-state index in [1.165, 1.54) is 6.07 Å². The molecule has 4 aromatic carbocycles. The second-order valence-electron chi connectivity index (χ2n) is 14.3. The van der Waals surface area contributed by atoms with E-state index in [2.05, 4.69) is 22.2 Å². The highest BCUT2D eigenvalue weighted by Gasteiger charge is 2.55. The zero-order valence-electron chi connectivity index (χ0n) is 29.4. The summed E-state index contributed by atoms with van der Waals surface area (Å²) < 4.78 is 18.9. The Morgan fingerprint density at radius 1 is 1.04 bits per heavy atom. The van der Waals surface area contributed by atoms with E-state index >= 15 is 0 Å². The molecule has 4 unspecified atom stereocenters. The van der Waals surface area contributed by atoms with Gasteiger partial charge in [0.1, 0.15) is 34.6 Å². The van der Waals surface area contributed by atoms with E-state index in [4.69, 9.17) is 14.2 Å². The van der Waals surface area contributed by atoms with Crippen LogP contribution in [-0.4, -0.2) is 70.1 Å². The van der Waals surface area contributed by atoms with Crippen molar-refractivity contribution in [3.05, 3.63) is 117 Å². The van der Waals surface area contributed by atoms with E-state index in [1.807, 2.05) is 36.4 Å². The Morgan fingerprint density at radius 2 is 1.75 bits per heavy atom. The summed E-state index contributed by atoms with van der Waals surface area (Å²) in [4.78, 5) is 30.5. The third-order valence-electron chi connectivity index (χ3n) is 11.1. The number of para-hydroxylation sites is 2. The van der Waals surface area contributed by atoms with Crippen molar-refractivity contribution in [2.24, 2.45) is 11.8 Å². The monoisotopic (exact) mass is 737 g/mol. The maximum absolute atomic E-state index is 14.0. The van der Waals surface area contributed by atoms with E-state index in [9.17, 15) is 24.9 Å². The van der Waals surface area contributed by atoms with Gasteiger partial charge in [-0.1, -0.05) is 65.9 Å². The molecule has 0 spiro atoms. The second-order valence-corrected chi connectivity index (χ2v) is 15.3. The first-order chi connectivity index (χ1) is 25.7. The van der Waals surface area contributed by atoms with Crippen LogP contribution in [0, 0.1) is 11.8 Å². The molecule has 0 radical (unpaired) electrons. The number of rotatable bonds is 13. The van der Waals surface area contributed by atoms with Crippen LogP contribution in [0.3, 0.4) is 0 Å². The Kier molecular flexibility index (Phi) is 9.73. The Labute approximate surface area is 310 Å². The van der Waals surface area contributed by atoms with Gasteiger partial charge in [0.15, 0.2) is 0 Å². The van der Waals surface area contributed by atoms with Crippen LogP contribution in [0.4, 0.5) is 0 Å². The van der Waals surface area contributed by atoms with Gasteiger partial charge in [0.05, 0.1) is 17.4 Å². The van der Waals surface area contributed by atoms with Gasteiger partial charge in [-0.2, -0.15) is 0 Å². The van der Waals surface area contributed by atoms with Gasteiger partial charge in [-0.05, 0) is 74.5 Å². The first-order valence-electron chi connectivity index (χ1n) is 18.2. The number of benzene rings is 4. The molecule has 53 heavy (non-hydrogen) atoms. The minimum atomic E-state index is -1.95. The molecule has 8 rings (SSSR count). The van der Waals surface area contributed by atoms with Crippen molar-refractivity contribution >= 4 is 27.5 Å². The molecule has 0 amide bonds. The van der Waals surface area contributed by atoms with Crippen molar-refractivity contribution in [3.8, 4) is 23.0 Å². The van der Waals surface area contributed by atoms with Crippen LogP contribution in [-0.2, 0) is 21.7 Å². The third-order valence-corrected chi connectivity index (χ3v) is 12.1. The van der Waals surface area contributed by atoms with Crippen molar-refractivity contribution in [2.75, 3.05) is 26.7 Å². The molecule has 3 aliphatic rings. The van der Waals surface area contributed by atoms with Crippen molar-refractivity contribution in [1.29, 1.82) is 0 Å². The lowest BCUT2D eigenvalue weighted by Gasteiger charge is -2.35. The number of aliphatic hydroxyl groups excluding tert-OH is 1. The molecule has 5 N–H and O–H groups in total. The van der Waals surface area contributed by atoms with Gasteiger partial charge in [-0.3, -0.25) is 4.79 Å². The number of carbonyl (C=O) groups is 1. The van der Waals surface area contributed by atoms with Gasteiger partial charge in [0.25, 0.3) is 0 Å². The number of ether oxygens (including phenoxy) is 3. The number of aromatic nitrogens is 1. The highest BCUT2D eigenvalue weighted by molar-refractivity contribution is 7.16. The molecule has 2 saturated carbocycles. The molecule has 1 aromatic heterocycles. The Bertz CT molecular complexity index is 2120. The normalized spacial score (nSPS) is 21.6. The van der Waals surface area contributed by atoms with Crippen LogP contribution >= 0.6 is 11.3 Å². The van der Waals surface area contributed by atoms with Gasteiger partial charge in [-0.25, -0.2) is 4.79 Å². The summed E-state index contributed by atoms with van der Waals surface area (Å²) in [5, 5.41) is 36.1. The molecule has 2 fully saturated rings. The van der Waals surface area contributed by atoms with Crippen molar-refractivity contribution in [1.82, 2.24) is 15.2 Å². The average molecular weight is 738 g/mol. The summed E-state index contributed by atoms with van der Waals surface area (Å²) in [6.07, 6.45) is 2.70. The van der Waals surface area contributed by atoms with Crippen LogP contribution < -0.4 is 19.7 Å². The number of H-pyrrole nitrogens is 1. The molecule has 2 bridgehead atoms. The van der Waals surface area contributed by atoms with Crippen LogP contribution in [0.15, 0.2) is 89.7 Å². The first-order valence-corrected chi connectivity index (χ1v) is 19.0. The molecule has 0 saturated heterocycles.